The summed E-state index contributed by atoms with van der Waals surface area (Å²) >= 11 is 0. The molecule has 11 nitrogen and oxygen atoms in total. The van der Waals surface area contributed by atoms with Crippen LogP contribution in [-0.2, 0) is 5.54 Å². The number of nitrogens with zero attached hydrogens (tertiary/aromatic N) is 6. The predicted octanol–water partition coefficient (Wildman–Crippen LogP) is 6.50. The Morgan fingerprint density at radius 2 is 1.43 bits per heavy atom. The Morgan fingerprint density at radius 3 is 2.11 bits per heavy atom. The molecule has 1 aromatic heterocycles. The highest BCUT2D eigenvalue weighted by Crippen LogP contribution is 2.72. The van der Waals surface area contributed by atoms with Gasteiger partial charge in [-0.1, -0.05) is 60.7 Å². The lowest BCUT2D eigenvalue weighted by molar-refractivity contribution is -0.385. The number of hydrogen-bond acceptors (Lipinski definition) is 9. The van der Waals surface area contributed by atoms with Gasteiger partial charge in [0.05, 0.1) is 44.0 Å². The molecular weight excluding hydrogens is 594 g/mol. The minimum Gasteiger partial charge on any atom is -0.302 e. The third-order valence-electron chi connectivity index (χ3n) is 11.1. The van der Waals surface area contributed by atoms with Gasteiger partial charge in [-0.15, -0.1) is 0 Å². The predicted molar refractivity (Wildman–Crippen MR) is 176 cm³/mol. The molecule has 0 amide bonds. The molecular formula is C36H29N7O4. The molecule has 5 aromatic rings. The van der Waals surface area contributed by atoms with Gasteiger partial charge in [0.25, 0.3) is 11.4 Å². The van der Waals surface area contributed by atoms with E-state index < -0.39 is 11.0 Å². The second kappa shape index (κ2) is 9.73. The van der Waals surface area contributed by atoms with Crippen molar-refractivity contribution in [3.8, 4) is 11.3 Å². The molecule has 47 heavy (non-hydrogen) atoms. The largest absolute Gasteiger partial charge is 0.302 e. The minimum absolute atomic E-state index is 0.0324. The van der Waals surface area contributed by atoms with Gasteiger partial charge in [-0.25, -0.2) is 9.97 Å². The van der Waals surface area contributed by atoms with E-state index in [0.717, 1.165) is 63.2 Å². The summed E-state index contributed by atoms with van der Waals surface area (Å²) in [5, 5.41) is 28.2. The van der Waals surface area contributed by atoms with E-state index >= 15 is 0 Å². The van der Waals surface area contributed by atoms with Crippen LogP contribution >= 0.6 is 0 Å². The van der Waals surface area contributed by atoms with Gasteiger partial charge in [-0.3, -0.25) is 25.1 Å². The molecule has 2 aliphatic heterocycles. The summed E-state index contributed by atoms with van der Waals surface area (Å²) in [7, 11) is 2.15. The van der Waals surface area contributed by atoms with Crippen LogP contribution in [0.3, 0.4) is 0 Å². The number of benzene rings is 4. The number of fused-ring (bicyclic) bond motifs is 9. The van der Waals surface area contributed by atoms with Gasteiger partial charge in [0.2, 0.25) is 0 Å². The molecule has 11 heteroatoms. The molecule has 9 rings (SSSR count). The number of nitro groups is 2. The fourth-order valence-electron chi connectivity index (χ4n) is 9.33. The van der Waals surface area contributed by atoms with Crippen LogP contribution < -0.4 is 5.43 Å². The van der Waals surface area contributed by atoms with Crippen molar-refractivity contribution < 1.29 is 9.85 Å². The maximum Gasteiger partial charge on any atom is 0.269 e. The molecule has 1 saturated heterocycles. The summed E-state index contributed by atoms with van der Waals surface area (Å²) in [6.45, 7) is 0.675. The first-order valence-electron chi connectivity index (χ1n) is 15.8. The highest BCUT2D eigenvalue weighted by Gasteiger charge is 2.74. The van der Waals surface area contributed by atoms with Crippen LogP contribution in [0.1, 0.15) is 47.2 Å². The average Bonchev–Trinajstić information content (AvgIpc) is 3.82. The van der Waals surface area contributed by atoms with Gasteiger partial charge < -0.3 is 5.43 Å². The van der Waals surface area contributed by atoms with Gasteiger partial charge >= 0.3 is 0 Å². The first-order chi connectivity index (χ1) is 22.8. The Hall–Kier alpha value is -5.55. The number of rotatable bonds is 4. The second-order valence-corrected chi connectivity index (χ2v) is 13.0. The highest BCUT2D eigenvalue weighted by molar-refractivity contribution is 6.01. The van der Waals surface area contributed by atoms with Gasteiger partial charge in [0.1, 0.15) is 5.54 Å². The standard InChI is InChI=1S/C36H29N7O4/c1-41-20-28(21-10-14-23(15-11-21)42(44)45)35(19-18-26-31(39-40-33(26)35)22-12-16-24(17-13-22)43(46)47)36(41)27-7-3-2-6-25(27)32-34(36)38-30-9-5-4-8-29(30)37-32/h2-17,26,28,31,39H,18-20H2,1H3/t26?,28-,31?,35+,36-/m0/s1. The number of non-ortho nitro benzene ring substituents is 2. The van der Waals surface area contributed by atoms with Crippen molar-refractivity contribution in [3.05, 3.63) is 140 Å². The Labute approximate surface area is 269 Å². The molecule has 4 aliphatic rings. The third-order valence-corrected chi connectivity index (χ3v) is 11.1. The number of likely N-dealkylation sites (N-methyl/N-ethyl adjacent to an activating group) is 1. The van der Waals surface area contributed by atoms with Crippen molar-refractivity contribution in [2.45, 2.75) is 30.3 Å². The molecule has 0 bridgehead atoms. The molecule has 2 spiro atoms. The SMILES string of the molecule is CN1C[C@@H](c2ccc([N+](=O)[O-])cc2)[C@@]2(CCC3C2=NNC3c2ccc([N+](=O)[O-])cc2)[C@@]12c1ccccc1-c1nc3ccccc3nc12. The van der Waals surface area contributed by atoms with Crippen molar-refractivity contribution in [1.82, 2.24) is 20.3 Å². The Kier molecular flexibility index (Phi) is 5.74. The van der Waals surface area contributed by atoms with Gasteiger partial charge in [-0.05, 0) is 48.7 Å². The van der Waals surface area contributed by atoms with E-state index in [1.807, 2.05) is 54.6 Å². The minimum atomic E-state index is -0.720. The molecule has 2 fully saturated rings. The fourth-order valence-corrected chi connectivity index (χ4v) is 9.33. The zero-order chi connectivity index (χ0) is 32.1. The third kappa shape index (κ3) is 3.51. The molecule has 2 unspecified atom stereocenters. The number of nitro benzene ring substituents is 2. The van der Waals surface area contributed by atoms with Gasteiger partial charge in [0, 0.05) is 53.6 Å². The molecule has 5 atom stereocenters. The summed E-state index contributed by atoms with van der Waals surface area (Å²) in [6, 6.07) is 30.0. The first-order valence-corrected chi connectivity index (χ1v) is 15.8. The topological polar surface area (TPSA) is 140 Å². The lowest BCUT2D eigenvalue weighted by Gasteiger charge is -2.47. The fraction of sp³-hybridized carbons (Fsp3) is 0.250. The van der Waals surface area contributed by atoms with Crippen LogP contribution in [0.5, 0.6) is 0 Å². The van der Waals surface area contributed by atoms with Crippen LogP contribution in [0.25, 0.3) is 22.3 Å². The van der Waals surface area contributed by atoms with E-state index in [4.69, 9.17) is 15.1 Å². The summed E-state index contributed by atoms with van der Waals surface area (Å²) in [4.78, 5) is 35.3. The highest BCUT2D eigenvalue weighted by atomic mass is 16.6. The van der Waals surface area contributed by atoms with E-state index in [2.05, 4.69) is 35.6 Å². The van der Waals surface area contributed by atoms with Crippen molar-refractivity contribution >= 4 is 28.1 Å². The van der Waals surface area contributed by atoms with E-state index in [0.29, 0.717) is 6.54 Å². The van der Waals surface area contributed by atoms with E-state index in [1.165, 1.54) is 0 Å². The molecule has 4 aromatic carbocycles. The maximum absolute atomic E-state index is 11.6. The number of likely N-dealkylation sites (tertiary alicyclic amines) is 1. The normalized spacial score (nSPS) is 27.1. The average molecular weight is 624 g/mol. The zero-order valence-electron chi connectivity index (χ0n) is 25.4. The van der Waals surface area contributed by atoms with Gasteiger partial charge in [-0.2, -0.15) is 5.10 Å². The Balaban J connectivity index is 1.28. The van der Waals surface area contributed by atoms with E-state index in [-0.39, 0.29) is 39.1 Å². The van der Waals surface area contributed by atoms with Crippen molar-refractivity contribution in [3.63, 3.8) is 0 Å². The monoisotopic (exact) mass is 623 g/mol. The summed E-state index contributed by atoms with van der Waals surface area (Å²) < 4.78 is 0. The molecule has 1 saturated carbocycles. The summed E-state index contributed by atoms with van der Waals surface area (Å²) in [5.74, 6) is -0.0354. The number of hydrazone groups is 1. The number of hydrogen-bond donors (Lipinski definition) is 1. The molecule has 232 valence electrons. The van der Waals surface area contributed by atoms with E-state index in [1.54, 1.807) is 24.3 Å². The van der Waals surface area contributed by atoms with Crippen LogP contribution in [0.15, 0.2) is 102 Å². The Morgan fingerprint density at radius 1 is 0.809 bits per heavy atom. The lowest BCUT2D eigenvalue weighted by atomic mass is 9.58. The Bertz CT molecular complexity index is 2170. The first kappa shape index (κ1) is 27.7. The molecule has 1 N–H and O–H groups in total. The van der Waals surface area contributed by atoms with Crippen molar-refractivity contribution in [1.29, 1.82) is 0 Å². The van der Waals surface area contributed by atoms with Crippen LogP contribution in [0, 0.1) is 31.6 Å². The molecule has 2 aliphatic carbocycles. The quantitative estimate of drug-likeness (QED) is 0.177. The van der Waals surface area contributed by atoms with Crippen LogP contribution in [0.2, 0.25) is 0 Å². The second-order valence-electron chi connectivity index (χ2n) is 13.0. The maximum atomic E-state index is 11.6. The lowest BCUT2D eigenvalue weighted by Crippen LogP contribution is -2.53. The summed E-state index contributed by atoms with van der Waals surface area (Å²) in [6.07, 6.45) is 1.64. The summed E-state index contributed by atoms with van der Waals surface area (Å²) in [5.41, 5.74) is 10.9. The molecule has 0 radical (unpaired) electrons. The smallest absolute Gasteiger partial charge is 0.269 e. The van der Waals surface area contributed by atoms with Crippen molar-refractivity contribution in [2.75, 3.05) is 13.6 Å². The number of aromatic nitrogens is 2. The van der Waals surface area contributed by atoms with Gasteiger partial charge in [0.15, 0.2) is 0 Å². The number of nitrogens with one attached hydrogen (secondary N) is 1. The van der Waals surface area contributed by atoms with Crippen LogP contribution in [-0.4, -0.2) is 44.0 Å². The zero-order valence-corrected chi connectivity index (χ0v) is 25.4. The van der Waals surface area contributed by atoms with Crippen LogP contribution in [0.4, 0.5) is 11.4 Å². The number of para-hydroxylation sites is 2. The van der Waals surface area contributed by atoms with Crippen molar-refractivity contribution in [2.24, 2.45) is 16.4 Å². The molecule has 3 heterocycles. The van der Waals surface area contributed by atoms with E-state index in [9.17, 15) is 20.2 Å².